The lowest BCUT2D eigenvalue weighted by Crippen LogP contribution is -2.30. The highest BCUT2D eigenvalue weighted by Gasteiger charge is 2.33. The second-order valence-corrected chi connectivity index (χ2v) is 8.93. The van der Waals surface area contributed by atoms with Crippen LogP contribution in [-0.2, 0) is 17.9 Å². The van der Waals surface area contributed by atoms with Gasteiger partial charge in [-0.3, -0.25) is 9.69 Å². The Hall–Kier alpha value is -3.80. The van der Waals surface area contributed by atoms with Gasteiger partial charge in [-0.05, 0) is 40.6 Å². The third-order valence-electron chi connectivity index (χ3n) is 5.76. The number of fused-ring (bicyclic) bond motifs is 1. The van der Waals surface area contributed by atoms with Crippen molar-refractivity contribution >= 4 is 52.0 Å². The Bertz CT molecular complexity index is 1470. The van der Waals surface area contributed by atoms with Crippen molar-refractivity contribution in [2.45, 2.75) is 13.2 Å². The maximum absolute atomic E-state index is 13.1. The predicted molar refractivity (Wildman–Crippen MR) is 138 cm³/mol. The van der Waals surface area contributed by atoms with E-state index >= 15 is 0 Å². The molecule has 0 spiro atoms. The van der Waals surface area contributed by atoms with Crippen LogP contribution >= 0.6 is 23.2 Å². The number of urea groups is 1. The number of rotatable bonds is 6. The van der Waals surface area contributed by atoms with Crippen LogP contribution in [0.1, 0.15) is 16.7 Å². The van der Waals surface area contributed by atoms with Crippen LogP contribution in [0.25, 0.3) is 16.8 Å². The summed E-state index contributed by atoms with van der Waals surface area (Å²) in [5, 5.41) is 5.64. The molecule has 1 aliphatic heterocycles. The van der Waals surface area contributed by atoms with E-state index in [4.69, 9.17) is 27.9 Å². The molecule has 1 saturated heterocycles. The summed E-state index contributed by atoms with van der Waals surface area (Å²) in [5.74, 6) is 0.171. The SMILES string of the molecule is O=C1N/C(=C/c2c(OCc3ccc(Cl)cc3Cl)ccc3ccccc23)C(=O)N1Cc1ccccc1. The second-order valence-electron chi connectivity index (χ2n) is 8.09. The van der Waals surface area contributed by atoms with Crippen molar-refractivity contribution in [2.24, 2.45) is 0 Å². The van der Waals surface area contributed by atoms with Crippen LogP contribution in [-0.4, -0.2) is 16.8 Å². The molecule has 174 valence electrons. The molecule has 0 radical (unpaired) electrons. The third-order valence-corrected chi connectivity index (χ3v) is 6.35. The molecular formula is C28H20Cl2N2O3. The van der Waals surface area contributed by atoms with Gasteiger partial charge in [0.05, 0.1) is 6.54 Å². The lowest BCUT2D eigenvalue weighted by atomic mass is 10.0. The van der Waals surface area contributed by atoms with E-state index in [-0.39, 0.29) is 18.8 Å². The molecule has 1 N–H and O–H groups in total. The minimum absolute atomic E-state index is 0.191. The van der Waals surface area contributed by atoms with Gasteiger partial charge in [0.2, 0.25) is 0 Å². The fourth-order valence-electron chi connectivity index (χ4n) is 3.97. The van der Waals surface area contributed by atoms with Gasteiger partial charge in [0.1, 0.15) is 18.1 Å². The molecule has 4 aromatic carbocycles. The van der Waals surface area contributed by atoms with Crippen LogP contribution in [0.5, 0.6) is 5.75 Å². The molecule has 7 heteroatoms. The molecule has 1 heterocycles. The van der Waals surface area contributed by atoms with Crippen LogP contribution in [0, 0.1) is 0 Å². The van der Waals surface area contributed by atoms with Crippen LogP contribution in [0.15, 0.2) is 90.6 Å². The highest BCUT2D eigenvalue weighted by molar-refractivity contribution is 6.35. The van der Waals surface area contributed by atoms with Gasteiger partial charge in [-0.1, -0.05) is 89.9 Å². The average Bonchev–Trinajstić information content (AvgIpc) is 3.12. The Balaban J connectivity index is 1.49. The van der Waals surface area contributed by atoms with Gasteiger partial charge >= 0.3 is 6.03 Å². The minimum atomic E-state index is -0.458. The summed E-state index contributed by atoms with van der Waals surface area (Å²) in [7, 11) is 0. The normalized spacial score (nSPS) is 14.6. The highest BCUT2D eigenvalue weighted by Crippen LogP contribution is 2.32. The van der Waals surface area contributed by atoms with Crippen molar-refractivity contribution in [2.75, 3.05) is 0 Å². The summed E-state index contributed by atoms with van der Waals surface area (Å²) in [4.78, 5) is 26.9. The zero-order valence-corrected chi connectivity index (χ0v) is 20.0. The topological polar surface area (TPSA) is 58.6 Å². The minimum Gasteiger partial charge on any atom is -0.488 e. The van der Waals surface area contributed by atoms with Gasteiger partial charge in [-0.15, -0.1) is 0 Å². The van der Waals surface area contributed by atoms with Crippen molar-refractivity contribution in [3.8, 4) is 5.75 Å². The summed E-state index contributed by atoms with van der Waals surface area (Å²) >= 11 is 12.3. The van der Waals surface area contributed by atoms with Crippen molar-refractivity contribution in [1.82, 2.24) is 10.2 Å². The summed E-state index contributed by atoms with van der Waals surface area (Å²) < 4.78 is 6.14. The van der Waals surface area contributed by atoms with Crippen molar-refractivity contribution < 1.29 is 14.3 Å². The summed E-state index contributed by atoms with van der Waals surface area (Å²) in [6, 6.07) is 25.7. The monoisotopic (exact) mass is 502 g/mol. The molecule has 3 amide bonds. The fraction of sp³-hybridized carbons (Fsp3) is 0.0714. The molecule has 1 aliphatic rings. The van der Waals surface area contributed by atoms with Crippen LogP contribution in [0.3, 0.4) is 0 Å². The molecule has 0 aliphatic carbocycles. The lowest BCUT2D eigenvalue weighted by Gasteiger charge is -2.14. The van der Waals surface area contributed by atoms with E-state index in [1.165, 1.54) is 4.90 Å². The first-order chi connectivity index (χ1) is 17.0. The van der Waals surface area contributed by atoms with E-state index in [0.717, 1.165) is 21.9 Å². The van der Waals surface area contributed by atoms with Crippen molar-refractivity contribution in [3.05, 3.63) is 117 Å². The number of benzene rings is 4. The summed E-state index contributed by atoms with van der Waals surface area (Å²) in [6.45, 7) is 0.405. The molecule has 0 bridgehead atoms. The van der Waals surface area contributed by atoms with Gasteiger partial charge in [-0.2, -0.15) is 0 Å². The number of carbonyl (C=O) groups is 2. The second kappa shape index (κ2) is 9.82. The molecule has 1 fully saturated rings. The predicted octanol–water partition coefficient (Wildman–Crippen LogP) is 6.82. The number of ether oxygens (including phenoxy) is 1. The molecule has 5 rings (SSSR count). The zero-order chi connectivity index (χ0) is 24.4. The Kier molecular flexibility index (Phi) is 6.45. The number of hydrogen-bond donors (Lipinski definition) is 1. The Morgan fingerprint density at radius 3 is 2.46 bits per heavy atom. The Morgan fingerprint density at radius 1 is 0.886 bits per heavy atom. The molecule has 4 aromatic rings. The number of nitrogens with zero attached hydrogens (tertiary/aromatic N) is 1. The first-order valence-electron chi connectivity index (χ1n) is 11.0. The maximum Gasteiger partial charge on any atom is 0.329 e. The quantitative estimate of drug-likeness (QED) is 0.232. The van der Waals surface area contributed by atoms with Gasteiger partial charge < -0.3 is 10.1 Å². The smallest absolute Gasteiger partial charge is 0.329 e. The van der Waals surface area contributed by atoms with Gasteiger partial charge in [-0.25, -0.2) is 4.79 Å². The molecule has 0 atom stereocenters. The fourth-order valence-corrected chi connectivity index (χ4v) is 4.43. The average molecular weight is 503 g/mol. The molecule has 0 aromatic heterocycles. The highest BCUT2D eigenvalue weighted by atomic mass is 35.5. The van der Waals surface area contributed by atoms with Gasteiger partial charge in [0.25, 0.3) is 5.91 Å². The molecule has 35 heavy (non-hydrogen) atoms. The van der Waals surface area contributed by atoms with Crippen molar-refractivity contribution in [1.29, 1.82) is 0 Å². The Morgan fingerprint density at radius 2 is 1.66 bits per heavy atom. The molecule has 5 nitrogen and oxygen atoms in total. The van der Waals surface area contributed by atoms with Gasteiger partial charge in [0, 0.05) is 21.2 Å². The van der Waals surface area contributed by atoms with E-state index in [2.05, 4.69) is 5.32 Å². The number of amides is 3. The number of halogens is 2. The van der Waals surface area contributed by atoms with Crippen LogP contribution < -0.4 is 10.1 Å². The summed E-state index contributed by atoms with van der Waals surface area (Å²) in [5.41, 5.74) is 2.53. The Labute approximate surface area is 212 Å². The van der Waals surface area contributed by atoms with Gasteiger partial charge in [0.15, 0.2) is 0 Å². The maximum atomic E-state index is 13.1. The van der Waals surface area contributed by atoms with E-state index in [1.54, 1.807) is 18.2 Å². The largest absolute Gasteiger partial charge is 0.488 e. The first kappa shape index (κ1) is 23.0. The van der Waals surface area contributed by atoms with E-state index in [1.807, 2.05) is 72.8 Å². The van der Waals surface area contributed by atoms with Crippen LogP contribution in [0.4, 0.5) is 4.79 Å². The summed E-state index contributed by atoms with van der Waals surface area (Å²) in [6.07, 6.45) is 1.67. The number of carbonyl (C=O) groups excluding carboxylic acids is 2. The molecule has 0 unspecified atom stereocenters. The first-order valence-corrected chi connectivity index (χ1v) is 11.7. The molecular weight excluding hydrogens is 483 g/mol. The zero-order valence-electron chi connectivity index (χ0n) is 18.5. The number of imide groups is 1. The molecule has 0 saturated carbocycles. The third kappa shape index (κ3) is 4.87. The standard InChI is InChI=1S/C28H20Cl2N2O3/c29-21-12-10-20(24(30)14-21)17-35-26-13-11-19-8-4-5-9-22(19)23(26)15-25-27(33)32(28(34)31-25)16-18-6-2-1-3-7-18/h1-15H,16-17H2,(H,31,34)/b25-15+. The van der Waals surface area contributed by atoms with E-state index in [9.17, 15) is 9.59 Å². The lowest BCUT2D eigenvalue weighted by molar-refractivity contribution is -0.123. The van der Waals surface area contributed by atoms with Crippen molar-refractivity contribution in [3.63, 3.8) is 0 Å². The van der Waals surface area contributed by atoms with E-state index in [0.29, 0.717) is 21.4 Å². The number of nitrogens with one attached hydrogen (secondary N) is 1. The number of hydrogen-bond acceptors (Lipinski definition) is 3. The van der Waals surface area contributed by atoms with Crippen LogP contribution in [0.2, 0.25) is 10.0 Å². The van der Waals surface area contributed by atoms with E-state index < -0.39 is 11.9 Å².